The second kappa shape index (κ2) is 11.9. The van der Waals surface area contributed by atoms with E-state index in [1.165, 1.54) is 28.6 Å². The third kappa shape index (κ3) is 6.54. The molecule has 1 aromatic heterocycles. The smallest absolute Gasteiger partial charge is 0.251 e. The van der Waals surface area contributed by atoms with E-state index in [1.54, 1.807) is 36.7 Å². The molecule has 1 aliphatic heterocycles. The van der Waals surface area contributed by atoms with Crippen molar-refractivity contribution < 1.29 is 18.0 Å². The molecule has 0 saturated carbocycles. The van der Waals surface area contributed by atoms with E-state index in [-0.39, 0.29) is 29.3 Å². The number of hydrogen-bond donors (Lipinski definition) is 2. The summed E-state index contributed by atoms with van der Waals surface area (Å²) in [6.07, 6.45) is 5.31. The maximum Gasteiger partial charge on any atom is 0.251 e. The molecule has 1 unspecified atom stereocenters. The SMILES string of the molecule is CC(NC(=O)c1ccc(CN([C@@H]2CCCCNC2=O)S(=O)(=O)c2ccc(Cl)cc2)cc1)c1cccnc1. The maximum absolute atomic E-state index is 13.7. The predicted molar refractivity (Wildman–Crippen MR) is 141 cm³/mol. The van der Waals surface area contributed by atoms with Crippen molar-refractivity contribution in [1.29, 1.82) is 0 Å². The van der Waals surface area contributed by atoms with Crippen LogP contribution in [0, 0.1) is 0 Å². The molecule has 0 spiro atoms. The minimum Gasteiger partial charge on any atom is -0.355 e. The van der Waals surface area contributed by atoms with Crippen LogP contribution in [0.5, 0.6) is 0 Å². The lowest BCUT2D eigenvalue weighted by atomic mass is 10.1. The summed E-state index contributed by atoms with van der Waals surface area (Å²) in [7, 11) is -4.01. The average molecular weight is 541 g/mol. The molecule has 2 N–H and O–H groups in total. The second-order valence-electron chi connectivity index (χ2n) is 8.99. The monoisotopic (exact) mass is 540 g/mol. The van der Waals surface area contributed by atoms with E-state index in [0.29, 0.717) is 29.1 Å². The van der Waals surface area contributed by atoms with Crippen molar-refractivity contribution >= 4 is 33.4 Å². The summed E-state index contributed by atoms with van der Waals surface area (Å²) in [6, 6.07) is 15.3. The van der Waals surface area contributed by atoms with E-state index in [0.717, 1.165) is 18.4 Å². The highest BCUT2D eigenvalue weighted by molar-refractivity contribution is 7.89. The number of halogens is 1. The Labute approximate surface area is 222 Å². The Morgan fingerprint density at radius 2 is 1.86 bits per heavy atom. The molecule has 2 atom stereocenters. The van der Waals surface area contributed by atoms with E-state index >= 15 is 0 Å². The van der Waals surface area contributed by atoms with Crippen LogP contribution in [-0.2, 0) is 21.4 Å². The van der Waals surface area contributed by atoms with E-state index in [2.05, 4.69) is 15.6 Å². The van der Waals surface area contributed by atoms with Crippen molar-refractivity contribution in [3.05, 3.63) is 94.8 Å². The lowest BCUT2D eigenvalue weighted by Gasteiger charge is -2.29. The van der Waals surface area contributed by atoms with Crippen LogP contribution in [-0.4, -0.2) is 42.1 Å². The molecule has 2 aromatic carbocycles. The van der Waals surface area contributed by atoms with E-state index in [1.807, 2.05) is 19.1 Å². The molecule has 0 aliphatic carbocycles. The molecule has 4 rings (SSSR count). The first-order valence-electron chi connectivity index (χ1n) is 12.1. The normalized spacial score (nSPS) is 17.1. The van der Waals surface area contributed by atoms with Gasteiger partial charge in [0, 0.05) is 36.1 Å². The van der Waals surface area contributed by atoms with Gasteiger partial charge in [-0.3, -0.25) is 14.6 Å². The zero-order chi connectivity index (χ0) is 26.4. The molecule has 2 amide bonds. The Balaban J connectivity index is 1.56. The molecular weight excluding hydrogens is 512 g/mol. The van der Waals surface area contributed by atoms with Gasteiger partial charge in [-0.15, -0.1) is 0 Å². The Bertz CT molecular complexity index is 1330. The van der Waals surface area contributed by atoms with Crippen molar-refractivity contribution in [2.45, 2.75) is 49.7 Å². The van der Waals surface area contributed by atoms with Crippen LogP contribution in [0.2, 0.25) is 5.02 Å². The molecular formula is C27H29ClN4O4S. The van der Waals surface area contributed by atoms with Gasteiger partial charge in [0.1, 0.15) is 6.04 Å². The van der Waals surface area contributed by atoms with Gasteiger partial charge in [0.15, 0.2) is 0 Å². The number of rotatable bonds is 8. The summed E-state index contributed by atoms with van der Waals surface area (Å²) in [6.45, 7) is 2.38. The summed E-state index contributed by atoms with van der Waals surface area (Å²) in [5, 5.41) is 6.18. The van der Waals surface area contributed by atoms with Crippen LogP contribution in [0.3, 0.4) is 0 Å². The van der Waals surface area contributed by atoms with Crippen molar-refractivity contribution in [2.75, 3.05) is 6.54 Å². The predicted octanol–water partition coefficient (Wildman–Crippen LogP) is 4.09. The molecule has 8 nitrogen and oxygen atoms in total. The quantitative estimate of drug-likeness (QED) is 0.447. The zero-order valence-corrected chi connectivity index (χ0v) is 22.0. The highest BCUT2D eigenvalue weighted by atomic mass is 35.5. The Hall–Kier alpha value is -3.27. The average Bonchev–Trinajstić information content (AvgIpc) is 3.12. The number of hydrogen-bond acceptors (Lipinski definition) is 5. The fraction of sp³-hybridized carbons (Fsp3) is 0.296. The van der Waals surface area contributed by atoms with Crippen molar-refractivity contribution in [3.63, 3.8) is 0 Å². The van der Waals surface area contributed by atoms with Crippen LogP contribution in [0.25, 0.3) is 0 Å². The Kier molecular flexibility index (Phi) is 8.58. The molecule has 0 radical (unpaired) electrons. The van der Waals surface area contributed by atoms with E-state index in [4.69, 9.17) is 11.6 Å². The Morgan fingerprint density at radius 1 is 1.14 bits per heavy atom. The number of carbonyl (C=O) groups is 2. The number of nitrogens with one attached hydrogen (secondary N) is 2. The lowest BCUT2D eigenvalue weighted by molar-refractivity contribution is -0.124. The van der Waals surface area contributed by atoms with Crippen LogP contribution < -0.4 is 10.6 Å². The van der Waals surface area contributed by atoms with E-state index < -0.39 is 16.1 Å². The van der Waals surface area contributed by atoms with Gasteiger partial charge < -0.3 is 10.6 Å². The van der Waals surface area contributed by atoms with E-state index in [9.17, 15) is 18.0 Å². The molecule has 1 aliphatic rings. The molecule has 3 aromatic rings. The van der Waals surface area contributed by atoms with Crippen molar-refractivity contribution in [2.24, 2.45) is 0 Å². The molecule has 1 fully saturated rings. The van der Waals surface area contributed by atoms with Crippen molar-refractivity contribution in [3.8, 4) is 0 Å². The second-order valence-corrected chi connectivity index (χ2v) is 11.3. The molecule has 1 saturated heterocycles. The van der Waals surface area contributed by atoms with Gasteiger partial charge in [-0.05, 0) is 79.8 Å². The molecule has 2 heterocycles. The van der Waals surface area contributed by atoms with Gasteiger partial charge in [0.2, 0.25) is 15.9 Å². The third-order valence-corrected chi connectivity index (χ3v) is 8.48. The molecule has 37 heavy (non-hydrogen) atoms. The number of amides is 2. The van der Waals surface area contributed by atoms with Crippen LogP contribution >= 0.6 is 11.6 Å². The number of nitrogens with zero attached hydrogens (tertiary/aromatic N) is 2. The molecule has 194 valence electrons. The summed E-state index contributed by atoms with van der Waals surface area (Å²) in [5.74, 6) is -0.563. The highest BCUT2D eigenvalue weighted by Crippen LogP contribution is 2.26. The first kappa shape index (κ1) is 26.8. The summed E-state index contributed by atoms with van der Waals surface area (Å²) < 4.78 is 28.6. The number of benzene rings is 2. The highest BCUT2D eigenvalue weighted by Gasteiger charge is 2.36. The molecule has 10 heteroatoms. The summed E-state index contributed by atoms with van der Waals surface area (Å²) in [5.41, 5.74) is 1.99. The first-order valence-corrected chi connectivity index (χ1v) is 13.9. The minimum absolute atomic E-state index is 0.0168. The van der Waals surface area contributed by atoms with Crippen LogP contribution in [0.1, 0.15) is 53.7 Å². The summed E-state index contributed by atoms with van der Waals surface area (Å²) >= 11 is 5.96. The maximum atomic E-state index is 13.7. The topological polar surface area (TPSA) is 108 Å². The van der Waals surface area contributed by atoms with Gasteiger partial charge in [-0.1, -0.05) is 29.8 Å². The van der Waals surface area contributed by atoms with Crippen LogP contribution in [0.4, 0.5) is 0 Å². The number of carbonyl (C=O) groups excluding carboxylic acids is 2. The van der Waals surface area contributed by atoms with Gasteiger partial charge in [0.05, 0.1) is 10.9 Å². The Morgan fingerprint density at radius 3 is 2.54 bits per heavy atom. The number of aromatic nitrogens is 1. The lowest BCUT2D eigenvalue weighted by Crippen LogP contribution is -2.48. The molecule has 0 bridgehead atoms. The van der Waals surface area contributed by atoms with Gasteiger partial charge in [0.25, 0.3) is 5.91 Å². The third-order valence-electron chi connectivity index (χ3n) is 6.36. The first-order chi connectivity index (χ1) is 17.8. The largest absolute Gasteiger partial charge is 0.355 e. The standard InChI is InChI=1S/C27H29ClN4O4S/c1-19(22-5-4-15-29-17-22)31-26(33)21-9-7-20(8-10-21)18-32(25-6-2-3-16-30-27(25)34)37(35,36)24-13-11-23(28)12-14-24/h4-5,7-15,17,19,25H,2-3,6,16,18H2,1H3,(H,30,34)(H,31,33)/t19?,25-/m1/s1. The number of pyridine rings is 1. The minimum atomic E-state index is -4.01. The van der Waals surface area contributed by atoms with Crippen molar-refractivity contribution in [1.82, 2.24) is 19.9 Å². The van der Waals surface area contributed by atoms with Gasteiger partial charge in [-0.2, -0.15) is 4.31 Å². The fourth-order valence-corrected chi connectivity index (χ4v) is 5.97. The van der Waals surface area contributed by atoms with Crippen LogP contribution in [0.15, 0.2) is 78.0 Å². The number of sulfonamides is 1. The van der Waals surface area contributed by atoms with Gasteiger partial charge in [-0.25, -0.2) is 8.42 Å². The zero-order valence-electron chi connectivity index (χ0n) is 20.4. The summed E-state index contributed by atoms with van der Waals surface area (Å²) in [4.78, 5) is 29.8. The van der Waals surface area contributed by atoms with Gasteiger partial charge >= 0.3 is 0 Å². The fourth-order valence-electron chi connectivity index (χ4n) is 4.24.